The zero-order chi connectivity index (χ0) is 36.3. The van der Waals surface area contributed by atoms with Gasteiger partial charge < -0.3 is 4.42 Å². The maximum absolute atomic E-state index is 6.19. The predicted octanol–water partition coefficient (Wildman–Crippen LogP) is 13.6. The number of para-hydroxylation sites is 1. The summed E-state index contributed by atoms with van der Waals surface area (Å²) in [7, 11) is 0. The minimum Gasteiger partial charge on any atom is -0.456 e. The van der Waals surface area contributed by atoms with Crippen molar-refractivity contribution in [1.82, 2.24) is 15.0 Å². The Labute approximate surface area is 317 Å². The zero-order valence-corrected chi connectivity index (χ0v) is 29.6. The number of hydrogen-bond acceptors (Lipinski definition) is 4. The number of benzene rings is 9. The number of aromatic nitrogens is 3. The average molecular weight is 702 g/mol. The van der Waals surface area contributed by atoms with Crippen molar-refractivity contribution in [3.05, 3.63) is 188 Å². The van der Waals surface area contributed by atoms with Crippen molar-refractivity contribution in [2.75, 3.05) is 0 Å². The van der Waals surface area contributed by atoms with Gasteiger partial charge in [-0.25, -0.2) is 15.0 Å². The van der Waals surface area contributed by atoms with Crippen molar-refractivity contribution in [3.8, 4) is 56.4 Å². The van der Waals surface area contributed by atoms with Gasteiger partial charge in [0, 0.05) is 27.5 Å². The summed E-state index contributed by atoms with van der Waals surface area (Å²) < 4.78 is 6.19. The molecule has 0 radical (unpaired) electrons. The standard InChI is InChI=1S/C51H31N3O/c1-2-10-36(11-3-1)49-52-50(37-23-17-32(18-24-37)40-27-28-43-42-14-6-7-16-47(42)55-48(43)31-40)54-51(53-49)44-15-8-12-34-21-25-39(30-46(34)44)38-26-22-35-20-19-33-9-4-5-13-41(33)45(35)29-38/h1-31H. The molecule has 256 valence electrons. The monoisotopic (exact) mass is 701 g/mol. The third-order valence-corrected chi connectivity index (χ3v) is 10.7. The molecule has 0 aliphatic rings. The van der Waals surface area contributed by atoms with E-state index in [0.29, 0.717) is 17.5 Å². The predicted molar refractivity (Wildman–Crippen MR) is 227 cm³/mol. The Morgan fingerprint density at radius 2 is 0.782 bits per heavy atom. The zero-order valence-electron chi connectivity index (χ0n) is 29.6. The SMILES string of the molecule is c1ccc(-c2nc(-c3ccc(-c4ccc5c(c4)oc4ccccc45)cc3)nc(-c3cccc4ccc(-c5ccc6ccc7ccccc7c6c5)cc34)n2)cc1. The van der Waals surface area contributed by atoms with E-state index in [4.69, 9.17) is 19.4 Å². The molecule has 0 atom stereocenters. The summed E-state index contributed by atoms with van der Waals surface area (Å²) in [5, 5.41) is 9.45. The maximum atomic E-state index is 6.19. The summed E-state index contributed by atoms with van der Waals surface area (Å²) in [4.78, 5) is 15.3. The van der Waals surface area contributed by atoms with Gasteiger partial charge in [-0.3, -0.25) is 0 Å². The number of furan rings is 1. The molecule has 0 unspecified atom stereocenters. The van der Waals surface area contributed by atoms with Gasteiger partial charge >= 0.3 is 0 Å². The van der Waals surface area contributed by atoms with E-state index < -0.39 is 0 Å². The van der Waals surface area contributed by atoms with Gasteiger partial charge in [0.05, 0.1) is 0 Å². The van der Waals surface area contributed by atoms with Crippen molar-refractivity contribution < 1.29 is 4.42 Å². The minimum atomic E-state index is 0.623. The molecule has 9 aromatic carbocycles. The molecule has 4 nitrogen and oxygen atoms in total. The number of fused-ring (bicyclic) bond motifs is 7. The van der Waals surface area contributed by atoms with Gasteiger partial charge in [0.2, 0.25) is 0 Å². The fourth-order valence-electron chi connectivity index (χ4n) is 7.89. The third kappa shape index (κ3) is 5.43. The van der Waals surface area contributed by atoms with E-state index in [2.05, 4.69) is 140 Å². The van der Waals surface area contributed by atoms with E-state index in [1.54, 1.807) is 0 Å². The molecule has 4 heteroatoms. The number of nitrogens with zero attached hydrogens (tertiary/aromatic N) is 3. The van der Waals surface area contributed by atoms with Crippen LogP contribution in [-0.2, 0) is 0 Å². The van der Waals surface area contributed by atoms with Gasteiger partial charge in [-0.2, -0.15) is 0 Å². The molecular formula is C51H31N3O. The van der Waals surface area contributed by atoms with Gasteiger partial charge in [-0.1, -0.05) is 158 Å². The van der Waals surface area contributed by atoms with Gasteiger partial charge in [0.1, 0.15) is 11.2 Å². The van der Waals surface area contributed by atoms with Crippen LogP contribution >= 0.6 is 0 Å². The van der Waals surface area contributed by atoms with Crippen LogP contribution in [0.2, 0.25) is 0 Å². The molecule has 0 bridgehead atoms. The Hall–Kier alpha value is -7.43. The second-order valence-electron chi connectivity index (χ2n) is 14.0. The highest BCUT2D eigenvalue weighted by Crippen LogP contribution is 2.36. The van der Waals surface area contributed by atoms with Crippen LogP contribution in [0.15, 0.2) is 192 Å². The highest BCUT2D eigenvalue weighted by atomic mass is 16.3. The summed E-state index contributed by atoms with van der Waals surface area (Å²) in [6.45, 7) is 0. The average Bonchev–Trinajstić information content (AvgIpc) is 3.64. The summed E-state index contributed by atoms with van der Waals surface area (Å²) in [6, 6.07) is 65.9. The molecule has 2 heterocycles. The van der Waals surface area contributed by atoms with E-state index in [0.717, 1.165) is 66.1 Å². The van der Waals surface area contributed by atoms with Crippen molar-refractivity contribution in [2.45, 2.75) is 0 Å². The van der Waals surface area contributed by atoms with Gasteiger partial charge in [0.15, 0.2) is 17.5 Å². The molecule has 0 saturated carbocycles. The van der Waals surface area contributed by atoms with Crippen LogP contribution in [0, 0.1) is 0 Å². The smallest absolute Gasteiger partial charge is 0.164 e. The molecule has 55 heavy (non-hydrogen) atoms. The van der Waals surface area contributed by atoms with Gasteiger partial charge in [-0.15, -0.1) is 0 Å². The molecule has 0 amide bonds. The summed E-state index contributed by atoms with van der Waals surface area (Å²) in [6.07, 6.45) is 0. The Morgan fingerprint density at radius 3 is 1.58 bits per heavy atom. The van der Waals surface area contributed by atoms with Gasteiger partial charge in [0.25, 0.3) is 0 Å². The third-order valence-electron chi connectivity index (χ3n) is 10.7. The van der Waals surface area contributed by atoms with E-state index in [1.165, 1.54) is 27.1 Å². The van der Waals surface area contributed by atoms with Crippen LogP contribution in [-0.4, -0.2) is 15.0 Å². The molecule has 0 aliphatic carbocycles. The van der Waals surface area contributed by atoms with E-state index in [9.17, 15) is 0 Å². The highest BCUT2D eigenvalue weighted by Gasteiger charge is 2.16. The first-order valence-corrected chi connectivity index (χ1v) is 18.5. The quantitative estimate of drug-likeness (QED) is 0.168. The molecular weight excluding hydrogens is 671 g/mol. The number of hydrogen-bond donors (Lipinski definition) is 0. The van der Waals surface area contributed by atoms with E-state index >= 15 is 0 Å². The van der Waals surface area contributed by atoms with Crippen LogP contribution in [0.1, 0.15) is 0 Å². The second-order valence-corrected chi connectivity index (χ2v) is 14.0. The molecule has 11 aromatic rings. The Morgan fingerprint density at radius 1 is 0.273 bits per heavy atom. The van der Waals surface area contributed by atoms with Crippen molar-refractivity contribution >= 4 is 54.3 Å². The lowest BCUT2D eigenvalue weighted by Gasteiger charge is -2.12. The Bertz CT molecular complexity index is 3260. The molecule has 0 aliphatic heterocycles. The molecule has 2 aromatic heterocycles. The first-order chi connectivity index (χ1) is 27.2. The van der Waals surface area contributed by atoms with Gasteiger partial charge in [-0.05, 0) is 84.9 Å². The number of rotatable bonds is 5. The molecule has 11 rings (SSSR count). The maximum Gasteiger partial charge on any atom is 0.164 e. The van der Waals surface area contributed by atoms with Crippen LogP contribution in [0.4, 0.5) is 0 Å². The lowest BCUT2D eigenvalue weighted by atomic mass is 9.94. The largest absolute Gasteiger partial charge is 0.456 e. The topological polar surface area (TPSA) is 51.8 Å². The summed E-state index contributed by atoms with van der Waals surface area (Å²) >= 11 is 0. The molecule has 0 saturated heterocycles. The van der Waals surface area contributed by atoms with Crippen LogP contribution in [0.25, 0.3) is 111 Å². The molecule has 0 N–H and O–H groups in total. The minimum absolute atomic E-state index is 0.623. The van der Waals surface area contributed by atoms with Crippen LogP contribution in [0.3, 0.4) is 0 Å². The summed E-state index contributed by atoms with van der Waals surface area (Å²) in [5.41, 5.74) is 9.08. The lowest BCUT2D eigenvalue weighted by Crippen LogP contribution is -2.00. The van der Waals surface area contributed by atoms with Crippen LogP contribution < -0.4 is 0 Å². The second kappa shape index (κ2) is 12.6. The van der Waals surface area contributed by atoms with Crippen LogP contribution in [0.5, 0.6) is 0 Å². The highest BCUT2D eigenvalue weighted by molar-refractivity contribution is 6.09. The first-order valence-electron chi connectivity index (χ1n) is 18.5. The van der Waals surface area contributed by atoms with E-state index in [-0.39, 0.29) is 0 Å². The fourth-order valence-corrected chi connectivity index (χ4v) is 7.89. The lowest BCUT2D eigenvalue weighted by molar-refractivity contribution is 0.669. The fraction of sp³-hybridized carbons (Fsp3) is 0. The van der Waals surface area contributed by atoms with Crippen molar-refractivity contribution in [1.29, 1.82) is 0 Å². The first kappa shape index (κ1) is 31.1. The van der Waals surface area contributed by atoms with Crippen molar-refractivity contribution in [3.63, 3.8) is 0 Å². The van der Waals surface area contributed by atoms with Crippen molar-refractivity contribution in [2.24, 2.45) is 0 Å². The molecule has 0 fully saturated rings. The normalized spacial score (nSPS) is 11.6. The molecule has 0 spiro atoms. The van der Waals surface area contributed by atoms with E-state index in [1.807, 2.05) is 48.5 Å². The summed E-state index contributed by atoms with van der Waals surface area (Å²) in [5.74, 6) is 1.89. The Balaban J connectivity index is 1.02. The Kier molecular flexibility index (Phi) is 7.14.